The second kappa shape index (κ2) is 7.83. The molecule has 0 unspecified atom stereocenters. The van der Waals surface area contributed by atoms with Gasteiger partial charge in [0.1, 0.15) is 6.63 Å². The number of methoxy groups -OCH3 is 1. The summed E-state index contributed by atoms with van der Waals surface area (Å²) in [4.78, 5) is 11.8. The van der Waals surface area contributed by atoms with E-state index < -0.39 is 30.9 Å². The zero-order chi connectivity index (χ0) is 22.3. The van der Waals surface area contributed by atoms with Crippen molar-refractivity contribution in [2.45, 2.75) is 19.1 Å². The van der Waals surface area contributed by atoms with Gasteiger partial charge in [0.2, 0.25) is 0 Å². The number of hydrogen-bond acceptors (Lipinski definition) is 2. The fraction of sp³-hybridized carbons (Fsp3) is 0.250. The molecule has 148 valence electrons. The molecule has 2 aromatic carbocycles. The molecular formula is C20H16ClF4NO2. The first-order valence-corrected chi connectivity index (χ1v) is 8.52. The number of fused-ring (bicyclic) bond motifs is 1. The highest BCUT2D eigenvalue weighted by Gasteiger charge is 2.33. The standard InChI is InChI=1S/C20H16ClF4NO2/c1-28-19(27)13-3-5-18-14(8-13)10-16(26(18)7-6-22)9-12-2-4-15(21)11-17(12)20(23,24)25/h2-5,8,10-11H,6-7,9H2,1H3/i6D2. The summed E-state index contributed by atoms with van der Waals surface area (Å²) >= 11 is 5.72. The lowest BCUT2D eigenvalue weighted by molar-refractivity contribution is -0.138. The number of rotatable bonds is 5. The fourth-order valence-corrected chi connectivity index (χ4v) is 3.30. The summed E-state index contributed by atoms with van der Waals surface area (Å²) in [7, 11) is 1.21. The number of aryl methyl sites for hydroxylation is 1. The largest absolute Gasteiger partial charge is 0.465 e. The van der Waals surface area contributed by atoms with Crippen molar-refractivity contribution in [3.8, 4) is 0 Å². The van der Waals surface area contributed by atoms with Crippen LogP contribution in [0.3, 0.4) is 0 Å². The van der Waals surface area contributed by atoms with E-state index in [2.05, 4.69) is 4.74 Å². The molecule has 0 aliphatic heterocycles. The van der Waals surface area contributed by atoms with E-state index in [1.54, 1.807) is 0 Å². The molecule has 0 saturated carbocycles. The number of ether oxygens (including phenoxy) is 1. The molecule has 1 aromatic heterocycles. The first kappa shape index (κ1) is 17.6. The molecule has 0 aliphatic carbocycles. The zero-order valence-electron chi connectivity index (χ0n) is 16.6. The molecule has 0 bridgehead atoms. The predicted octanol–water partition coefficient (Wildman–Crippen LogP) is 5.66. The number of alkyl halides is 4. The summed E-state index contributed by atoms with van der Waals surface area (Å²) < 4.78 is 74.7. The van der Waals surface area contributed by atoms with E-state index in [1.807, 2.05) is 0 Å². The van der Waals surface area contributed by atoms with Gasteiger partial charge >= 0.3 is 12.1 Å². The van der Waals surface area contributed by atoms with Crippen LogP contribution in [0.2, 0.25) is 5.02 Å². The van der Waals surface area contributed by atoms with Crippen LogP contribution in [0.4, 0.5) is 17.6 Å². The minimum Gasteiger partial charge on any atom is -0.465 e. The van der Waals surface area contributed by atoms with Gasteiger partial charge in [0.25, 0.3) is 0 Å². The maximum absolute atomic E-state index is 13.8. The van der Waals surface area contributed by atoms with Crippen LogP contribution in [0.1, 0.15) is 29.9 Å². The number of benzene rings is 2. The molecule has 0 amide bonds. The molecule has 0 spiro atoms. The number of carbonyl (C=O) groups excluding carboxylic acids is 1. The number of halogens is 5. The molecule has 0 aliphatic rings. The van der Waals surface area contributed by atoms with Gasteiger partial charge in [0.15, 0.2) is 0 Å². The third-order valence-corrected chi connectivity index (χ3v) is 4.61. The third-order valence-electron chi connectivity index (χ3n) is 4.37. The van der Waals surface area contributed by atoms with E-state index in [0.29, 0.717) is 10.9 Å². The normalized spacial score (nSPS) is 13.4. The van der Waals surface area contributed by atoms with Crippen LogP contribution in [0.25, 0.3) is 10.9 Å². The van der Waals surface area contributed by atoms with Gasteiger partial charge in [-0.15, -0.1) is 0 Å². The van der Waals surface area contributed by atoms with Crippen molar-refractivity contribution in [3.05, 3.63) is 69.9 Å². The molecular weight excluding hydrogens is 398 g/mol. The van der Waals surface area contributed by atoms with Gasteiger partial charge in [-0.05, 0) is 42.0 Å². The topological polar surface area (TPSA) is 31.2 Å². The maximum Gasteiger partial charge on any atom is 0.416 e. The molecule has 1 heterocycles. The van der Waals surface area contributed by atoms with Gasteiger partial charge in [0, 0.05) is 28.0 Å². The van der Waals surface area contributed by atoms with Gasteiger partial charge in [-0.3, -0.25) is 0 Å². The van der Waals surface area contributed by atoms with E-state index in [9.17, 15) is 22.4 Å². The van der Waals surface area contributed by atoms with Gasteiger partial charge < -0.3 is 9.30 Å². The Bertz CT molecular complexity index is 1110. The number of hydrogen-bond donors (Lipinski definition) is 0. The summed E-state index contributed by atoms with van der Waals surface area (Å²) in [6, 6.07) is 9.23. The van der Waals surface area contributed by atoms with Gasteiger partial charge in [-0.25, -0.2) is 9.18 Å². The Morgan fingerprint density at radius 3 is 2.61 bits per heavy atom. The van der Waals surface area contributed by atoms with Crippen LogP contribution in [0.5, 0.6) is 0 Å². The molecule has 3 aromatic rings. The summed E-state index contributed by atoms with van der Waals surface area (Å²) in [6.45, 7) is -3.83. The maximum atomic E-state index is 13.8. The lowest BCUT2D eigenvalue weighted by Gasteiger charge is -2.15. The third kappa shape index (κ3) is 3.99. The highest BCUT2D eigenvalue weighted by molar-refractivity contribution is 6.30. The Hall–Kier alpha value is -2.54. The van der Waals surface area contributed by atoms with Crippen molar-refractivity contribution in [1.29, 1.82) is 0 Å². The molecule has 0 saturated heterocycles. The lowest BCUT2D eigenvalue weighted by Crippen LogP contribution is -2.11. The summed E-state index contributed by atoms with van der Waals surface area (Å²) in [5.74, 6) is -0.607. The van der Waals surface area contributed by atoms with Gasteiger partial charge in [-0.2, -0.15) is 13.2 Å². The molecule has 0 radical (unpaired) electrons. The average molecular weight is 416 g/mol. The van der Waals surface area contributed by atoms with Gasteiger partial charge in [-0.1, -0.05) is 17.7 Å². The van der Waals surface area contributed by atoms with Crippen molar-refractivity contribution >= 4 is 28.5 Å². The first-order chi connectivity index (χ1) is 13.9. The Morgan fingerprint density at radius 1 is 1.21 bits per heavy atom. The molecule has 0 N–H and O–H groups in total. The fourth-order valence-electron chi connectivity index (χ4n) is 3.13. The molecule has 3 rings (SSSR count). The molecule has 28 heavy (non-hydrogen) atoms. The second-order valence-electron chi connectivity index (χ2n) is 6.10. The van der Waals surface area contributed by atoms with Crippen LogP contribution in [-0.4, -0.2) is 24.3 Å². The van der Waals surface area contributed by atoms with Crippen LogP contribution in [0.15, 0.2) is 42.5 Å². The van der Waals surface area contributed by atoms with Crippen molar-refractivity contribution in [2.75, 3.05) is 13.7 Å². The summed E-state index contributed by atoms with van der Waals surface area (Å²) in [5.41, 5.74) is -0.184. The highest BCUT2D eigenvalue weighted by atomic mass is 35.5. The molecule has 8 heteroatoms. The van der Waals surface area contributed by atoms with Crippen LogP contribution < -0.4 is 0 Å². The molecule has 0 fully saturated rings. The number of carbonyl (C=O) groups is 1. The van der Waals surface area contributed by atoms with E-state index in [4.69, 9.17) is 14.3 Å². The molecule has 0 atom stereocenters. The number of aromatic nitrogens is 1. The Labute approximate surface area is 166 Å². The van der Waals surface area contributed by atoms with Crippen LogP contribution in [0, 0.1) is 0 Å². The molecule has 3 nitrogen and oxygen atoms in total. The number of esters is 1. The van der Waals surface area contributed by atoms with E-state index in [1.165, 1.54) is 48.1 Å². The van der Waals surface area contributed by atoms with Gasteiger partial charge in [0.05, 0.1) is 27.5 Å². The van der Waals surface area contributed by atoms with Crippen LogP contribution in [-0.2, 0) is 23.9 Å². The van der Waals surface area contributed by atoms with Crippen molar-refractivity contribution in [1.82, 2.24) is 4.57 Å². The van der Waals surface area contributed by atoms with Crippen molar-refractivity contribution in [2.24, 2.45) is 0 Å². The van der Waals surface area contributed by atoms with Crippen LogP contribution >= 0.6 is 11.6 Å². The quantitative estimate of drug-likeness (QED) is 0.397. The SMILES string of the molecule is [2H]C([2H])(F)Cn1c(Cc2ccc(Cl)cc2C(F)(F)F)cc2cc(C(=O)OC)ccc21. The summed E-state index contributed by atoms with van der Waals surface area (Å²) in [5, 5.41) is 0.370. The smallest absolute Gasteiger partial charge is 0.416 e. The average Bonchev–Trinajstić information content (AvgIpc) is 2.96. The zero-order valence-corrected chi connectivity index (χ0v) is 15.4. The minimum atomic E-state index is -4.65. The Balaban J connectivity index is 2.15. The monoisotopic (exact) mass is 415 g/mol. The number of nitrogens with zero attached hydrogens (tertiary/aromatic N) is 1. The lowest BCUT2D eigenvalue weighted by atomic mass is 10.0. The highest BCUT2D eigenvalue weighted by Crippen LogP contribution is 2.35. The van der Waals surface area contributed by atoms with E-state index in [-0.39, 0.29) is 28.3 Å². The minimum absolute atomic E-state index is 0.0746. The Kier molecular flexibility index (Phi) is 4.91. The predicted molar refractivity (Wildman–Crippen MR) is 98.5 cm³/mol. The summed E-state index contributed by atoms with van der Waals surface area (Å²) in [6.07, 6.45) is -4.89. The first-order valence-electron chi connectivity index (χ1n) is 9.14. The van der Waals surface area contributed by atoms with Crippen molar-refractivity contribution in [3.63, 3.8) is 0 Å². The Morgan fingerprint density at radius 2 is 1.96 bits per heavy atom. The van der Waals surface area contributed by atoms with Crippen molar-refractivity contribution < 1.29 is 29.8 Å². The van der Waals surface area contributed by atoms with E-state index >= 15 is 0 Å². The second-order valence-corrected chi connectivity index (χ2v) is 6.53. The van der Waals surface area contributed by atoms with E-state index in [0.717, 1.165) is 6.07 Å².